The molecule has 0 fully saturated rings. The molecule has 0 aromatic heterocycles. The molecule has 0 radical (unpaired) electrons. The van der Waals surface area contributed by atoms with Gasteiger partial charge in [-0.25, -0.2) is 0 Å². The normalized spacial score (nSPS) is 13.3. The lowest BCUT2D eigenvalue weighted by atomic mass is 10.2. The Balaban J connectivity index is 4.83. The molecule has 76 valence electrons. The Kier molecular flexibility index (Phi) is 4.04. The lowest BCUT2D eigenvalue weighted by Gasteiger charge is -2.27. The van der Waals surface area contributed by atoms with E-state index in [9.17, 15) is 13.2 Å². The summed E-state index contributed by atoms with van der Waals surface area (Å²) in [5.41, 5.74) is -0.669. The first-order valence-corrected chi connectivity index (χ1v) is 3.93. The topological polar surface area (TPSA) is 3.24 Å². The van der Waals surface area contributed by atoms with Crippen molar-refractivity contribution in [3.05, 3.63) is 24.4 Å². The Morgan fingerprint density at radius 2 is 1.85 bits per heavy atom. The summed E-state index contributed by atoms with van der Waals surface area (Å²) in [7, 11) is 1.41. The fourth-order valence-corrected chi connectivity index (χ4v) is 0.802. The molecule has 4 heteroatoms. The van der Waals surface area contributed by atoms with Gasteiger partial charge in [0.1, 0.15) is 5.70 Å². The standard InChI is InChI=1S/C9H14F3N/c1-5-6-8(9(10,11)12)13(4)7(2)3/h5-7H,1H2,2-4H3/b8-6-. The third-order valence-electron chi connectivity index (χ3n) is 1.72. The van der Waals surface area contributed by atoms with Crippen LogP contribution in [0.2, 0.25) is 0 Å². The summed E-state index contributed by atoms with van der Waals surface area (Å²) in [5.74, 6) is 0. The number of nitrogens with zero attached hydrogens (tertiary/aromatic N) is 1. The zero-order valence-corrected chi connectivity index (χ0v) is 8.02. The zero-order chi connectivity index (χ0) is 10.6. The minimum atomic E-state index is -4.31. The molecule has 0 unspecified atom stereocenters. The quantitative estimate of drug-likeness (QED) is 0.623. The lowest BCUT2D eigenvalue weighted by molar-refractivity contribution is -0.111. The monoisotopic (exact) mass is 193 g/mol. The zero-order valence-electron chi connectivity index (χ0n) is 8.02. The highest BCUT2D eigenvalue weighted by molar-refractivity contribution is 5.14. The van der Waals surface area contributed by atoms with E-state index in [0.29, 0.717) is 0 Å². The Labute approximate surface area is 76.5 Å². The van der Waals surface area contributed by atoms with Crippen molar-refractivity contribution in [2.24, 2.45) is 0 Å². The lowest BCUT2D eigenvalue weighted by Crippen LogP contribution is -2.33. The second kappa shape index (κ2) is 4.35. The summed E-state index contributed by atoms with van der Waals surface area (Å²) >= 11 is 0. The van der Waals surface area contributed by atoms with Crippen molar-refractivity contribution in [3.8, 4) is 0 Å². The molecule has 0 rings (SSSR count). The maximum atomic E-state index is 12.4. The van der Waals surface area contributed by atoms with Crippen LogP contribution in [0.15, 0.2) is 24.4 Å². The predicted octanol–water partition coefficient (Wildman–Crippen LogP) is 2.96. The second-order valence-electron chi connectivity index (χ2n) is 2.99. The summed E-state index contributed by atoms with van der Waals surface area (Å²) in [5, 5.41) is 0. The molecule has 0 heterocycles. The molecule has 0 aliphatic carbocycles. The molecule has 0 aliphatic rings. The number of alkyl halides is 3. The van der Waals surface area contributed by atoms with Gasteiger partial charge in [-0.1, -0.05) is 12.7 Å². The van der Waals surface area contributed by atoms with E-state index in [2.05, 4.69) is 6.58 Å². The van der Waals surface area contributed by atoms with E-state index in [4.69, 9.17) is 0 Å². The van der Waals surface area contributed by atoms with Crippen molar-refractivity contribution in [3.63, 3.8) is 0 Å². The highest BCUT2D eigenvalue weighted by Crippen LogP contribution is 2.28. The van der Waals surface area contributed by atoms with Crippen molar-refractivity contribution < 1.29 is 13.2 Å². The highest BCUT2D eigenvalue weighted by atomic mass is 19.4. The molecule has 0 spiro atoms. The van der Waals surface area contributed by atoms with Crippen LogP contribution in [0.3, 0.4) is 0 Å². The SMILES string of the molecule is C=C/C=C(\N(C)C(C)C)C(F)(F)F. The van der Waals surface area contributed by atoms with Crippen LogP contribution in [-0.4, -0.2) is 24.2 Å². The summed E-state index contributed by atoms with van der Waals surface area (Å²) < 4.78 is 37.1. The molecule has 0 saturated carbocycles. The van der Waals surface area contributed by atoms with E-state index in [1.807, 2.05) is 0 Å². The molecule has 0 aromatic carbocycles. The van der Waals surface area contributed by atoms with E-state index >= 15 is 0 Å². The van der Waals surface area contributed by atoms with E-state index in [1.54, 1.807) is 13.8 Å². The minimum Gasteiger partial charge on any atom is -0.368 e. The first-order chi connectivity index (χ1) is 5.80. The van der Waals surface area contributed by atoms with Crippen LogP contribution in [0.4, 0.5) is 13.2 Å². The maximum Gasteiger partial charge on any atom is 0.431 e. The first-order valence-electron chi connectivity index (χ1n) is 3.93. The van der Waals surface area contributed by atoms with Crippen molar-refractivity contribution in [2.75, 3.05) is 7.05 Å². The van der Waals surface area contributed by atoms with E-state index in [1.165, 1.54) is 11.9 Å². The molecule has 0 bridgehead atoms. The average molecular weight is 193 g/mol. The average Bonchev–Trinajstić information content (AvgIpc) is 1.96. The van der Waals surface area contributed by atoms with Crippen LogP contribution in [0, 0.1) is 0 Å². The smallest absolute Gasteiger partial charge is 0.368 e. The molecule has 0 amide bonds. The van der Waals surface area contributed by atoms with Gasteiger partial charge in [-0.2, -0.15) is 13.2 Å². The second-order valence-corrected chi connectivity index (χ2v) is 2.99. The predicted molar refractivity (Wildman–Crippen MR) is 47.2 cm³/mol. The summed E-state index contributed by atoms with van der Waals surface area (Å²) in [6.45, 7) is 6.65. The molecular weight excluding hydrogens is 179 g/mol. The van der Waals surface area contributed by atoms with Crippen LogP contribution in [-0.2, 0) is 0 Å². The molecule has 0 atom stereocenters. The summed E-state index contributed by atoms with van der Waals surface area (Å²) in [6.07, 6.45) is -2.20. The molecule has 13 heavy (non-hydrogen) atoms. The van der Waals surface area contributed by atoms with Crippen molar-refractivity contribution in [2.45, 2.75) is 26.1 Å². The van der Waals surface area contributed by atoms with Crippen molar-refractivity contribution in [1.82, 2.24) is 4.90 Å². The van der Waals surface area contributed by atoms with Crippen molar-refractivity contribution >= 4 is 0 Å². The summed E-state index contributed by atoms with van der Waals surface area (Å²) in [6, 6.07) is -0.187. The van der Waals surface area contributed by atoms with Crippen LogP contribution in [0.1, 0.15) is 13.8 Å². The van der Waals surface area contributed by atoms with Crippen LogP contribution in [0.25, 0.3) is 0 Å². The van der Waals surface area contributed by atoms with Gasteiger partial charge in [0.05, 0.1) is 0 Å². The van der Waals surface area contributed by atoms with Crippen LogP contribution >= 0.6 is 0 Å². The number of hydrogen-bond donors (Lipinski definition) is 0. The number of hydrogen-bond acceptors (Lipinski definition) is 1. The Morgan fingerprint density at radius 3 is 2.08 bits per heavy atom. The molecule has 0 aromatic rings. The van der Waals surface area contributed by atoms with Crippen molar-refractivity contribution in [1.29, 1.82) is 0 Å². The van der Waals surface area contributed by atoms with Gasteiger partial charge < -0.3 is 4.90 Å². The first kappa shape index (κ1) is 12.1. The number of halogens is 3. The van der Waals surface area contributed by atoms with Crippen LogP contribution < -0.4 is 0 Å². The molecule has 0 aliphatic heterocycles. The van der Waals surface area contributed by atoms with E-state index in [-0.39, 0.29) is 6.04 Å². The van der Waals surface area contributed by atoms with Gasteiger partial charge >= 0.3 is 6.18 Å². The van der Waals surface area contributed by atoms with Gasteiger partial charge in [0.2, 0.25) is 0 Å². The molecule has 0 N–H and O–H groups in total. The van der Waals surface area contributed by atoms with Gasteiger partial charge in [0.15, 0.2) is 0 Å². The molecule has 0 saturated heterocycles. The van der Waals surface area contributed by atoms with Crippen LogP contribution in [0.5, 0.6) is 0 Å². The fourth-order valence-electron chi connectivity index (χ4n) is 0.802. The minimum absolute atomic E-state index is 0.187. The number of allylic oxidation sites excluding steroid dienone is 3. The van der Waals surface area contributed by atoms with E-state index in [0.717, 1.165) is 12.2 Å². The molecule has 1 nitrogen and oxygen atoms in total. The number of rotatable bonds is 3. The Morgan fingerprint density at radius 1 is 1.38 bits per heavy atom. The van der Waals surface area contributed by atoms with Gasteiger partial charge in [-0.3, -0.25) is 0 Å². The van der Waals surface area contributed by atoms with E-state index < -0.39 is 11.9 Å². The fraction of sp³-hybridized carbons (Fsp3) is 0.556. The Bertz CT molecular complexity index is 203. The van der Waals surface area contributed by atoms with Gasteiger partial charge in [0.25, 0.3) is 0 Å². The maximum absolute atomic E-state index is 12.4. The van der Waals surface area contributed by atoms with Gasteiger partial charge in [-0.05, 0) is 19.9 Å². The third kappa shape index (κ3) is 3.53. The highest BCUT2D eigenvalue weighted by Gasteiger charge is 2.36. The largest absolute Gasteiger partial charge is 0.431 e. The molecular formula is C9H14F3N. The summed E-state index contributed by atoms with van der Waals surface area (Å²) in [4.78, 5) is 1.17. The van der Waals surface area contributed by atoms with Gasteiger partial charge in [0, 0.05) is 13.1 Å². The van der Waals surface area contributed by atoms with Gasteiger partial charge in [-0.15, -0.1) is 0 Å². The Hall–Kier alpha value is -0.930. The third-order valence-corrected chi connectivity index (χ3v) is 1.72.